The fourth-order valence-electron chi connectivity index (χ4n) is 2.25. The molecule has 1 N–H and O–H groups in total. The number of carbonyl (C=O) groups is 2. The molecule has 0 aromatic carbocycles. The second kappa shape index (κ2) is 6.99. The first-order valence-corrected chi connectivity index (χ1v) is 6.79. The molecule has 1 saturated heterocycles. The van der Waals surface area contributed by atoms with Gasteiger partial charge in [-0.3, -0.25) is 9.78 Å². The Balaban J connectivity index is 1.98. The van der Waals surface area contributed by atoms with E-state index in [0.29, 0.717) is 24.3 Å². The summed E-state index contributed by atoms with van der Waals surface area (Å²) in [4.78, 5) is 28.6. The lowest BCUT2D eigenvalue weighted by Crippen LogP contribution is -2.40. The second-order valence-electron chi connectivity index (χ2n) is 4.88. The Morgan fingerprint density at radius 3 is 2.62 bits per heavy atom. The van der Waals surface area contributed by atoms with E-state index in [1.807, 2.05) is 0 Å². The largest absolute Gasteiger partial charge is 0.478 e. The van der Waals surface area contributed by atoms with E-state index in [2.05, 4.69) is 4.98 Å². The van der Waals surface area contributed by atoms with E-state index in [-0.39, 0.29) is 12.0 Å². The number of amides is 1. The highest BCUT2D eigenvalue weighted by Crippen LogP contribution is 2.15. The van der Waals surface area contributed by atoms with Gasteiger partial charge in [-0.05, 0) is 30.5 Å². The number of pyridine rings is 1. The van der Waals surface area contributed by atoms with E-state index in [1.54, 1.807) is 24.1 Å². The zero-order chi connectivity index (χ0) is 15.2. The summed E-state index contributed by atoms with van der Waals surface area (Å²) < 4.78 is 5.28. The van der Waals surface area contributed by atoms with Crippen molar-refractivity contribution >= 4 is 18.0 Å². The molecule has 1 aromatic heterocycles. The Morgan fingerprint density at radius 2 is 2.10 bits per heavy atom. The molecule has 0 atom stereocenters. The van der Waals surface area contributed by atoms with Crippen molar-refractivity contribution in [3.05, 3.63) is 35.7 Å². The van der Waals surface area contributed by atoms with Gasteiger partial charge in [0, 0.05) is 32.5 Å². The Hall–Kier alpha value is -2.21. The number of ether oxygens (including phenoxy) is 1. The highest BCUT2D eigenvalue weighted by Gasteiger charge is 2.23. The van der Waals surface area contributed by atoms with Crippen molar-refractivity contribution < 1.29 is 19.4 Å². The number of carboxylic acid groups (broad SMARTS) is 1. The summed E-state index contributed by atoms with van der Waals surface area (Å²) in [5.74, 6) is -1.12. The highest BCUT2D eigenvalue weighted by molar-refractivity contribution is 5.92. The third-order valence-electron chi connectivity index (χ3n) is 3.49. The van der Waals surface area contributed by atoms with Gasteiger partial charge >= 0.3 is 5.97 Å². The number of hydrogen-bond donors (Lipinski definition) is 1. The standard InChI is InChI=1S/C15H18N2O4/c1-21-12-6-8-17(9-7-12)15(20)13-4-2-11(10-16-13)3-5-14(18)19/h2-5,10,12H,6-9H2,1H3,(H,18,19). The van der Waals surface area contributed by atoms with Gasteiger partial charge in [-0.1, -0.05) is 6.07 Å². The first kappa shape index (κ1) is 15.2. The number of methoxy groups -OCH3 is 1. The molecule has 1 fully saturated rings. The van der Waals surface area contributed by atoms with Crippen LogP contribution < -0.4 is 0 Å². The molecule has 0 spiro atoms. The molecular formula is C15H18N2O4. The Bertz CT molecular complexity index is 531. The Labute approximate surface area is 123 Å². The van der Waals surface area contributed by atoms with Crippen molar-refractivity contribution in [2.24, 2.45) is 0 Å². The van der Waals surface area contributed by atoms with Crippen LogP contribution in [0.4, 0.5) is 0 Å². The van der Waals surface area contributed by atoms with E-state index in [1.165, 1.54) is 12.3 Å². The van der Waals surface area contributed by atoms with Gasteiger partial charge in [0.05, 0.1) is 6.10 Å². The minimum atomic E-state index is -1.02. The number of likely N-dealkylation sites (tertiary alicyclic amines) is 1. The molecule has 112 valence electrons. The van der Waals surface area contributed by atoms with Gasteiger partial charge in [-0.2, -0.15) is 0 Å². The van der Waals surface area contributed by atoms with Gasteiger partial charge in [0.2, 0.25) is 0 Å². The molecule has 1 aromatic rings. The number of carboxylic acids is 1. The number of aliphatic carboxylic acids is 1. The molecule has 0 bridgehead atoms. The molecule has 1 aliphatic rings. The van der Waals surface area contributed by atoms with Crippen LogP contribution in [0.15, 0.2) is 24.4 Å². The Kier molecular flexibility index (Phi) is 5.05. The van der Waals surface area contributed by atoms with Crippen LogP contribution >= 0.6 is 0 Å². The monoisotopic (exact) mass is 290 g/mol. The van der Waals surface area contributed by atoms with Gasteiger partial charge in [0.15, 0.2) is 0 Å². The summed E-state index contributed by atoms with van der Waals surface area (Å²) in [6.45, 7) is 1.33. The minimum Gasteiger partial charge on any atom is -0.478 e. The van der Waals surface area contributed by atoms with Gasteiger partial charge < -0.3 is 14.7 Å². The fourth-order valence-corrected chi connectivity index (χ4v) is 2.25. The quantitative estimate of drug-likeness (QED) is 0.849. The van der Waals surface area contributed by atoms with Crippen LogP contribution in [0.2, 0.25) is 0 Å². The van der Waals surface area contributed by atoms with Crippen molar-refractivity contribution in [1.82, 2.24) is 9.88 Å². The maximum Gasteiger partial charge on any atom is 0.328 e. The van der Waals surface area contributed by atoms with E-state index < -0.39 is 5.97 Å². The summed E-state index contributed by atoms with van der Waals surface area (Å²) in [7, 11) is 1.69. The zero-order valence-corrected chi connectivity index (χ0v) is 11.9. The second-order valence-corrected chi connectivity index (χ2v) is 4.88. The summed E-state index contributed by atoms with van der Waals surface area (Å²) in [5, 5.41) is 8.55. The van der Waals surface area contributed by atoms with E-state index in [4.69, 9.17) is 9.84 Å². The summed E-state index contributed by atoms with van der Waals surface area (Å²) in [6.07, 6.45) is 5.87. The van der Waals surface area contributed by atoms with Crippen molar-refractivity contribution in [3.63, 3.8) is 0 Å². The maximum absolute atomic E-state index is 12.3. The molecular weight excluding hydrogens is 272 g/mol. The number of piperidine rings is 1. The van der Waals surface area contributed by atoms with Crippen LogP contribution in [-0.4, -0.2) is 53.2 Å². The third-order valence-corrected chi connectivity index (χ3v) is 3.49. The van der Waals surface area contributed by atoms with Gasteiger partial charge in [-0.25, -0.2) is 4.79 Å². The average molecular weight is 290 g/mol. The number of carbonyl (C=O) groups excluding carboxylic acids is 1. The van der Waals surface area contributed by atoms with Gasteiger partial charge in [0.25, 0.3) is 5.91 Å². The topological polar surface area (TPSA) is 79.7 Å². The predicted molar refractivity (Wildman–Crippen MR) is 76.8 cm³/mol. The zero-order valence-electron chi connectivity index (χ0n) is 11.9. The van der Waals surface area contributed by atoms with Crippen LogP contribution in [0.5, 0.6) is 0 Å². The van der Waals surface area contributed by atoms with Crippen LogP contribution in [-0.2, 0) is 9.53 Å². The first-order chi connectivity index (χ1) is 10.1. The van der Waals surface area contributed by atoms with Crippen molar-refractivity contribution in [2.75, 3.05) is 20.2 Å². The fraction of sp³-hybridized carbons (Fsp3) is 0.400. The van der Waals surface area contributed by atoms with E-state index in [9.17, 15) is 9.59 Å². The molecule has 6 nitrogen and oxygen atoms in total. The average Bonchev–Trinajstić information content (AvgIpc) is 2.53. The molecule has 0 saturated carbocycles. The summed E-state index contributed by atoms with van der Waals surface area (Å²) >= 11 is 0. The molecule has 0 aliphatic carbocycles. The number of nitrogens with zero attached hydrogens (tertiary/aromatic N) is 2. The lowest BCUT2D eigenvalue weighted by molar-refractivity contribution is -0.131. The Morgan fingerprint density at radius 1 is 1.38 bits per heavy atom. The van der Waals surface area contributed by atoms with Crippen molar-refractivity contribution in [2.45, 2.75) is 18.9 Å². The number of aromatic nitrogens is 1. The predicted octanol–water partition coefficient (Wildman–Crippen LogP) is 1.43. The van der Waals surface area contributed by atoms with Crippen molar-refractivity contribution in [3.8, 4) is 0 Å². The summed E-state index contributed by atoms with van der Waals surface area (Å²) in [5.41, 5.74) is 1.02. The number of hydrogen-bond acceptors (Lipinski definition) is 4. The SMILES string of the molecule is COC1CCN(C(=O)c2ccc(C=CC(=O)O)cn2)CC1. The lowest BCUT2D eigenvalue weighted by Gasteiger charge is -2.30. The molecule has 1 amide bonds. The van der Waals surface area contributed by atoms with Crippen LogP contribution in [0.25, 0.3) is 6.08 Å². The van der Waals surface area contributed by atoms with Gasteiger partial charge in [-0.15, -0.1) is 0 Å². The van der Waals surface area contributed by atoms with Crippen LogP contribution in [0, 0.1) is 0 Å². The highest BCUT2D eigenvalue weighted by atomic mass is 16.5. The molecule has 0 radical (unpaired) electrons. The smallest absolute Gasteiger partial charge is 0.328 e. The van der Waals surface area contributed by atoms with Crippen molar-refractivity contribution in [1.29, 1.82) is 0 Å². The van der Waals surface area contributed by atoms with Gasteiger partial charge in [0.1, 0.15) is 5.69 Å². The summed E-state index contributed by atoms with van der Waals surface area (Å²) in [6, 6.07) is 3.30. The first-order valence-electron chi connectivity index (χ1n) is 6.79. The molecule has 1 aliphatic heterocycles. The minimum absolute atomic E-state index is 0.0988. The molecule has 0 unspecified atom stereocenters. The van der Waals surface area contributed by atoms with Crippen LogP contribution in [0.3, 0.4) is 0 Å². The third kappa shape index (κ3) is 4.13. The molecule has 2 heterocycles. The molecule has 6 heteroatoms. The normalized spacial score (nSPS) is 16.3. The van der Waals surface area contributed by atoms with E-state index in [0.717, 1.165) is 18.9 Å². The van der Waals surface area contributed by atoms with E-state index >= 15 is 0 Å². The lowest BCUT2D eigenvalue weighted by atomic mass is 10.1. The maximum atomic E-state index is 12.3. The molecule has 2 rings (SSSR count). The van der Waals surface area contributed by atoms with Crippen LogP contribution in [0.1, 0.15) is 28.9 Å². The molecule has 21 heavy (non-hydrogen) atoms. The number of rotatable bonds is 4.